The number of nitro groups is 1. The van der Waals surface area contributed by atoms with Gasteiger partial charge < -0.3 is 5.32 Å². The predicted molar refractivity (Wildman–Crippen MR) is 75.4 cm³/mol. The maximum Gasteiger partial charge on any atom is 0.282 e. The van der Waals surface area contributed by atoms with Crippen LogP contribution in [-0.4, -0.2) is 10.8 Å². The molecule has 0 aliphatic heterocycles. The van der Waals surface area contributed by atoms with Gasteiger partial charge in [0.2, 0.25) is 0 Å². The smallest absolute Gasteiger partial charge is 0.282 e. The number of hydrogen-bond acceptors (Lipinski definition) is 3. The summed E-state index contributed by atoms with van der Waals surface area (Å²) in [5.41, 5.74) is 1.66. The third kappa shape index (κ3) is 3.20. The molecule has 0 fully saturated rings. The van der Waals surface area contributed by atoms with Crippen molar-refractivity contribution < 1.29 is 9.72 Å². The Bertz CT molecular complexity index is 639. The summed E-state index contributed by atoms with van der Waals surface area (Å²) in [6.07, 6.45) is 0. The largest absolute Gasteiger partial charge is 0.348 e. The highest BCUT2D eigenvalue weighted by Crippen LogP contribution is 2.19. The van der Waals surface area contributed by atoms with Gasteiger partial charge in [-0.05, 0) is 24.1 Å². The number of aryl methyl sites for hydroxylation is 1. The molecule has 5 heteroatoms. The molecule has 0 unspecified atom stereocenters. The number of benzene rings is 2. The van der Waals surface area contributed by atoms with Crippen LogP contribution in [0.5, 0.6) is 0 Å². The van der Waals surface area contributed by atoms with Crippen LogP contribution in [0.3, 0.4) is 0 Å². The number of carbonyl (C=O) groups is 1. The molecule has 0 saturated carbocycles. The zero-order valence-electron chi connectivity index (χ0n) is 11.0. The second kappa shape index (κ2) is 5.97. The van der Waals surface area contributed by atoms with Crippen molar-refractivity contribution in [3.63, 3.8) is 0 Å². The first-order valence-electron chi connectivity index (χ1n) is 6.15. The minimum atomic E-state index is -0.545. The molecule has 0 bridgehead atoms. The van der Waals surface area contributed by atoms with Crippen LogP contribution in [0.1, 0.15) is 21.5 Å². The maximum absolute atomic E-state index is 12.1. The minimum Gasteiger partial charge on any atom is -0.348 e. The second-order valence-electron chi connectivity index (χ2n) is 4.45. The van der Waals surface area contributed by atoms with Gasteiger partial charge in [-0.1, -0.05) is 36.4 Å². The van der Waals surface area contributed by atoms with Gasteiger partial charge in [0.25, 0.3) is 11.6 Å². The van der Waals surface area contributed by atoms with E-state index >= 15 is 0 Å². The van der Waals surface area contributed by atoms with E-state index in [0.717, 1.165) is 11.1 Å². The molecule has 0 aromatic heterocycles. The number of nitrogens with zero attached hydrogens (tertiary/aromatic N) is 1. The lowest BCUT2D eigenvalue weighted by Crippen LogP contribution is -2.23. The average Bonchev–Trinajstić information content (AvgIpc) is 2.45. The first-order chi connectivity index (χ1) is 9.58. The Morgan fingerprint density at radius 1 is 1.20 bits per heavy atom. The van der Waals surface area contributed by atoms with Gasteiger partial charge in [-0.2, -0.15) is 0 Å². The summed E-state index contributed by atoms with van der Waals surface area (Å²) >= 11 is 0. The highest BCUT2D eigenvalue weighted by molar-refractivity contribution is 5.98. The van der Waals surface area contributed by atoms with Crippen LogP contribution in [0.25, 0.3) is 0 Å². The van der Waals surface area contributed by atoms with Crippen molar-refractivity contribution in [2.45, 2.75) is 13.5 Å². The topological polar surface area (TPSA) is 72.2 Å². The maximum atomic E-state index is 12.1. The van der Waals surface area contributed by atoms with Gasteiger partial charge in [-0.25, -0.2) is 0 Å². The number of nitro benzene ring substituents is 1. The molecule has 0 saturated heterocycles. The molecule has 20 heavy (non-hydrogen) atoms. The van der Waals surface area contributed by atoms with Crippen molar-refractivity contribution in [3.8, 4) is 0 Å². The first-order valence-corrected chi connectivity index (χ1v) is 6.15. The van der Waals surface area contributed by atoms with Gasteiger partial charge in [0.05, 0.1) is 4.92 Å². The van der Waals surface area contributed by atoms with Gasteiger partial charge in [0.15, 0.2) is 0 Å². The predicted octanol–water partition coefficient (Wildman–Crippen LogP) is 2.83. The lowest BCUT2D eigenvalue weighted by Gasteiger charge is -2.06. The second-order valence-corrected chi connectivity index (χ2v) is 4.45. The molecular formula is C15H14N2O3. The number of nitrogens with one attached hydrogen (secondary N) is 1. The van der Waals surface area contributed by atoms with Gasteiger partial charge in [-0.15, -0.1) is 0 Å². The van der Waals surface area contributed by atoms with E-state index in [1.54, 1.807) is 13.0 Å². The molecule has 102 valence electrons. The minimum absolute atomic E-state index is 0.0888. The first kappa shape index (κ1) is 13.7. The van der Waals surface area contributed by atoms with Gasteiger partial charge >= 0.3 is 0 Å². The van der Waals surface area contributed by atoms with Gasteiger partial charge in [0.1, 0.15) is 5.56 Å². The number of amides is 1. The SMILES string of the molecule is Cc1ccc([N+](=O)[O-])c(C(=O)NCc2ccccc2)c1. The Morgan fingerprint density at radius 2 is 1.90 bits per heavy atom. The van der Waals surface area contributed by atoms with E-state index in [1.165, 1.54) is 12.1 Å². The highest BCUT2D eigenvalue weighted by atomic mass is 16.6. The number of hydrogen-bond donors (Lipinski definition) is 1. The summed E-state index contributed by atoms with van der Waals surface area (Å²) in [4.78, 5) is 22.5. The average molecular weight is 270 g/mol. The van der Waals surface area contributed by atoms with Crippen molar-refractivity contribution in [3.05, 3.63) is 75.3 Å². The van der Waals surface area contributed by atoms with Crippen molar-refractivity contribution in [2.24, 2.45) is 0 Å². The fourth-order valence-electron chi connectivity index (χ4n) is 1.86. The van der Waals surface area contributed by atoms with E-state index in [2.05, 4.69) is 5.32 Å². The van der Waals surface area contributed by atoms with Crippen molar-refractivity contribution >= 4 is 11.6 Å². The molecule has 2 aromatic rings. The lowest BCUT2D eigenvalue weighted by atomic mass is 10.1. The van der Waals surface area contributed by atoms with E-state index < -0.39 is 10.8 Å². The monoisotopic (exact) mass is 270 g/mol. The van der Waals surface area contributed by atoms with Crippen LogP contribution in [0.15, 0.2) is 48.5 Å². The van der Waals surface area contributed by atoms with Crippen molar-refractivity contribution in [2.75, 3.05) is 0 Å². The molecule has 0 heterocycles. The molecule has 0 aliphatic rings. The van der Waals surface area contributed by atoms with E-state index in [4.69, 9.17) is 0 Å². The normalized spacial score (nSPS) is 10.1. The Labute approximate surface area is 116 Å². The highest BCUT2D eigenvalue weighted by Gasteiger charge is 2.19. The Balaban J connectivity index is 2.17. The number of rotatable bonds is 4. The molecule has 2 aromatic carbocycles. The summed E-state index contributed by atoms with van der Waals surface area (Å²) in [5, 5.41) is 13.6. The van der Waals surface area contributed by atoms with Crippen LogP contribution in [-0.2, 0) is 6.54 Å². The molecule has 0 aliphatic carbocycles. The Hall–Kier alpha value is -2.69. The molecule has 2 rings (SSSR count). The Kier molecular flexibility index (Phi) is 4.10. The molecule has 0 radical (unpaired) electrons. The van der Waals surface area contributed by atoms with Crippen LogP contribution >= 0.6 is 0 Å². The standard InChI is InChI=1S/C15H14N2O3/c1-11-7-8-14(17(19)20)13(9-11)15(18)16-10-12-5-3-2-4-6-12/h2-9H,10H2,1H3,(H,16,18). The third-order valence-corrected chi connectivity index (χ3v) is 2.89. The molecule has 1 amide bonds. The zero-order chi connectivity index (χ0) is 14.5. The molecule has 5 nitrogen and oxygen atoms in total. The summed E-state index contributed by atoms with van der Waals surface area (Å²) in [5.74, 6) is -0.441. The molecular weight excluding hydrogens is 256 g/mol. The van der Waals surface area contributed by atoms with E-state index in [1.807, 2.05) is 30.3 Å². The lowest BCUT2D eigenvalue weighted by molar-refractivity contribution is -0.385. The van der Waals surface area contributed by atoms with Crippen molar-refractivity contribution in [1.82, 2.24) is 5.32 Å². The number of carbonyl (C=O) groups excluding carboxylic acids is 1. The summed E-state index contributed by atoms with van der Waals surface area (Å²) < 4.78 is 0. The summed E-state index contributed by atoms with van der Waals surface area (Å²) in [6, 6.07) is 13.9. The zero-order valence-corrected chi connectivity index (χ0v) is 11.0. The van der Waals surface area contributed by atoms with Crippen LogP contribution in [0, 0.1) is 17.0 Å². The fraction of sp³-hybridized carbons (Fsp3) is 0.133. The van der Waals surface area contributed by atoms with E-state index in [0.29, 0.717) is 6.54 Å². The molecule has 0 spiro atoms. The van der Waals surface area contributed by atoms with E-state index in [9.17, 15) is 14.9 Å². The van der Waals surface area contributed by atoms with Gasteiger partial charge in [0, 0.05) is 12.6 Å². The Morgan fingerprint density at radius 3 is 2.55 bits per heavy atom. The van der Waals surface area contributed by atoms with Crippen LogP contribution < -0.4 is 5.32 Å². The van der Waals surface area contributed by atoms with Crippen molar-refractivity contribution in [1.29, 1.82) is 0 Å². The summed E-state index contributed by atoms with van der Waals surface area (Å²) in [7, 11) is 0. The quantitative estimate of drug-likeness (QED) is 0.685. The van der Waals surface area contributed by atoms with Crippen LogP contribution in [0.4, 0.5) is 5.69 Å². The summed E-state index contributed by atoms with van der Waals surface area (Å²) in [6.45, 7) is 2.13. The molecule has 1 N–H and O–H groups in total. The van der Waals surface area contributed by atoms with E-state index in [-0.39, 0.29) is 11.3 Å². The molecule has 0 atom stereocenters. The third-order valence-electron chi connectivity index (χ3n) is 2.89. The van der Waals surface area contributed by atoms with Crippen LogP contribution in [0.2, 0.25) is 0 Å². The fourth-order valence-corrected chi connectivity index (χ4v) is 1.86. The van der Waals surface area contributed by atoms with Gasteiger partial charge in [-0.3, -0.25) is 14.9 Å².